The number of esters is 1. The summed E-state index contributed by atoms with van der Waals surface area (Å²) in [5.74, 6) is -0.111. The molecule has 0 bridgehead atoms. The predicted octanol–water partition coefficient (Wildman–Crippen LogP) is 1.03. The molecule has 94 valence electrons. The lowest BCUT2D eigenvalue weighted by molar-refractivity contribution is -0.150. The molecule has 1 aliphatic rings. The molecule has 1 saturated heterocycles. The Balaban J connectivity index is 2.50. The van der Waals surface area contributed by atoms with Crippen LogP contribution in [0.1, 0.15) is 33.6 Å². The lowest BCUT2D eigenvalue weighted by Gasteiger charge is -2.36. The summed E-state index contributed by atoms with van der Waals surface area (Å²) in [4.78, 5) is 13.8. The highest BCUT2D eigenvalue weighted by molar-refractivity contribution is 5.72. The predicted molar refractivity (Wildman–Crippen MR) is 62.1 cm³/mol. The molecule has 4 heteroatoms. The molecular weight excluding hydrogens is 206 g/mol. The van der Waals surface area contributed by atoms with Crippen molar-refractivity contribution < 1.29 is 14.6 Å². The van der Waals surface area contributed by atoms with Gasteiger partial charge in [0.05, 0.1) is 18.6 Å². The SMILES string of the molecule is CCOC(=O)C1CCCN(C(C)C(C)O)C1. The smallest absolute Gasteiger partial charge is 0.310 e. The van der Waals surface area contributed by atoms with Crippen LogP contribution in [-0.2, 0) is 9.53 Å². The van der Waals surface area contributed by atoms with Crippen molar-refractivity contribution >= 4 is 5.97 Å². The molecule has 0 saturated carbocycles. The van der Waals surface area contributed by atoms with Gasteiger partial charge in [0.25, 0.3) is 0 Å². The summed E-state index contributed by atoms with van der Waals surface area (Å²) >= 11 is 0. The van der Waals surface area contributed by atoms with Gasteiger partial charge in [0, 0.05) is 12.6 Å². The third-order valence-corrected chi connectivity index (χ3v) is 3.35. The Morgan fingerprint density at radius 2 is 2.25 bits per heavy atom. The first-order valence-corrected chi connectivity index (χ1v) is 6.15. The van der Waals surface area contributed by atoms with E-state index in [1.165, 1.54) is 0 Å². The fourth-order valence-electron chi connectivity index (χ4n) is 2.13. The zero-order valence-corrected chi connectivity index (χ0v) is 10.5. The Morgan fingerprint density at radius 3 is 2.81 bits per heavy atom. The Labute approximate surface area is 97.6 Å². The first kappa shape index (κ1) is 13.5. The van der Waals surface area contributed by atoms with Gasteiger partial charge in [0.15, 0.2) is 0 Å². The van der Waals surface area contributed by atoms with Crippen LogP contribution in [0.5, 0.6) is 0 Å². The molecule has 0 aromatic carbocycles. The van der Waals surface area contributed by atoms with Crippen molar-refractivity contribution in [2.24, 2.45) is 5.92 Å². The summed E-state index contributed by atoms with van der Waals surface area (Å²) in [6, 6.07) is 0.109. The second-order valence-corrected chi connectivity index (χ2v) is 4.57. The van der Waals surface area contributed by atoms with Gasteiger partial charge in [-0.3, -0.25) is 9.69 Å². The van der Waals surface area contributed by atoms with Crippen molar-refractivity contribution in [2.75, 3.05) is 19.7 Å². The minimum atomic E-state index is -0.360. The fourth-order valence-corrected chi connectivity index (χ4v) is 2.13. The molecule has 4 nitrogen and oxygen atoms in total. The first-order chi connectivity index (χ1) is 7.56. The number of hydrogen-bond acceptors (Lipinski definition) is 4. The zero-order valence-electron chi connectivity index (χ0n) is 10.5. The van der Waals surface area contributed by atoms with Gasteiger partial charge in [-0.1, -0.05) is 0 Å². The van der Waals surface area contributed by atoms with Crippen molar-refractivity contribution in [1.82, 2.24) is 4.90 Å². The molecular formula is C12H23NO3. The Kier molecular flexibility index (Phi) is 5.22. The van der Waals surface area contributed by atoms with Crippen LogP contribution in [0, 0.1) is 5.92 Å². The molecule has 1 rings (SSSR count). The number of aliphatic hydroxyl groups is 1. The number of aliphatic hydroxyl groups excluding tert-OH is 1. The maximum atomic E-state index is 11.6. The Morgan fingerprint density at radius 1 is 1.56 bits per heavy atom. The number of rotatable bonds is 4. The van der Waals surface area contributed by atoms with Crippen molar-refractivity contribution in [2.45, 2.75) is 45.8 Å². The molecule has 0 aromatic heterocycles. The van der Waals surface area contributed by atoms with Gasteiger partial charge in [-0.2, -0.15) is 0 Å². The number of ether oxygens (including phenoxy) is 1. The highest BCUT2D eigenvalue weighted by Crippen LogP contribution is 2.20. The minimum absolute atomic E-state index is 0.0186. The van der Waals surface area contributed by atoms with E-state index in [2.05, 4.69) is 4.90 Å². The number of carbonyl (C=O) groups is 1. The van der Waals surface area contributed by atoms with E-state index in [-0.39, 0.29) is 24.0 Å². The summed E-state index contributed by atoms with van der Waals surface area (Å²) in [6.45, 7) is 7.74. The van der Waals surface area contributed by atoms with E-state index in [0.717, 1.165) is 19.4 Å². The summed E-state index contributed by atoms with van der Waals surface area (Å²) < 4.78 is 5.04. The lowest BCUT2D eigenvalue weighted by atomic mass is 9.96. The largest absolute Gasteiger partial charge is 0.466 e. The molecule has 1 fully saturated rings. The van der Waals surface area contributed by atoms with E-state index in [4.69, 9.17) is 4.74 Å². The van der Waals surface area contributed by atoms with Gasteiger partial charge >= 0.3 is 5.97 Å². The summed E-state index contributed by atoms with van der Waals surface area (Å²) in [5.41, 5.74) is 0. The van der Waals surface area contributed by atoms with E-state index in [0.29, 0.717) is 13.2 Å². The Bertz CT molecular complexity index is 230. The van der Waals surface area contributed by atoms with Crippen LogP contribution >= 0.6 is 0 Å². The molecule has 1 heterocycles. The van der Waals surface area contributed by atoms with E-state index in [9.17, 15) is 9.90 Å². The number of hydrogen-bond donors (Lipinski definition) is 1. The van der Waals surface area contributed by atoms with E-state index < -0.39 is 0 Å². The van der Waals surface area contributed by atoms with Gasteiger partial charge in [-0.05, 0) is 40.2 Å². The molecule has 0 radical (unpaired) electrons. The average molecular weight is 229 g/mol. The maximum absolute atomic E-state index is 11.6. The summed E-state index contributed by atoms with van der Waals surface area (Å²) in [7, 11) is 0. The van der Waals surface area contributed by atoms with Gasteiger partial charge in [-0.15, -0.1) is 0 Å². The minimum Gasteiger partial charge on any atom is -0.466 e. The van der Waals surface area contributed by atoms with Crippen LogP contribution in [0.25, 0.3) is 0 Å². The average Bonchev–Trinajstić information content (AvgIpc) is 2.28. The molecule has 0 aliphatic carbocycles. The van der Waals surface area contributed by atoms with Crippen LogP contribution < -0.4 is 0 Å². The molecule has 1 aliphatic heterocycles. The first-order valence-electron chi connectivity index (χ1n) is 6.15. The Hall–Kier alpha value is -0.610. The normalized spacial score (nSPS) is 26.1. The molecule has 3 unspecified atom stereocenters. The fraction of sp³-hybridized carbons (Fsp3) is 0.917. The second-order valence-electron chi connectivity index (χ2n) is 4.57. The topological polar surface area (TPSA) is 49.8 Å². The van der Waals surface area contributed by atoms with E-state index >= 15 is 0 Å². The number of nitrogens with zero attached hydrogens (tertiary/aromatic N) is 1. The van der Waals surface area contributed by atoms with Crippen LogP contribution in [0.4, 0.5) is 0 Å². The quantitative estimate of drug-likeness (QED) is 0.732. The maximum Gasteiger partial charge on any atom is 0.310 e. The molecule has 16 heavy (non-hydrogen) atoms. The van der Waals surface area contributed by atoms with Crippen LogP contribution in [0.2, 0.25) is 0 Å². The van der Waals surface area contributed by atoms with Gasteiger partial charge in [0.1, 0.15) is 0 Å². The monoisotopic (exact) mass is 229 g/mol. The number of likely N-dealkylation sites (tertiary alicyclic amines) is 1. The van der Waals surface area contributed by atoms with Gasteiger partial charge < -0.3 is 9.84 Å². The van der Waals surface area contributed by atoms with Crippen molar-refractivity contribution in [3.05, 3.63) is 0 Å². The molecule has 1 N–H and O–H groups in total. The van der Waals surface area contributed by atoms with Crippen LogP contribution in [-0.4, -0.2) is 47.8 Å². The zero-order chi connectivity index (χ0) is 12.1. The third kappa shape index (κ3) is 3.46. The van der Waals surface area contributed by atoms with Crippen molar-refractivity contribution in [1.29, 1.82) is 0 Å². The third-order valence-electron chi connectivity index (χ3n) is 3.35. The molecule has 0 spiro atoms. The number of carbonyl (C=O) groups excluding carboxylic acids is 1. The highest BCUT2D eigenvalue weighted by atomic mass is 16.5. The van der Waals surface area contributed by atoms with Gasteiger partial charge in [-0.25, -0.2) is 0 Å². The summed E-state index contributed by atoms with van der Waals surface area (Å²) in [5, 5.41) is 9.54. The highest BCUT2D eigenvalue weighted by Gasteiger charge is 2.30. The standard InChI is InChI=1S/C12H23NO3/c1-4-16-12(15)11-6-5-7-13(8-11)9(2)10(3)14/h9-11,14H,4-8H2,1-3H3. The lowest BCUT2D eigenvalue weighted by Crippen LogP contribution is -2.47. The van der Waals surface area contributed by atoms with E-state index in [1.807, 2.05) is 13.8 Å². The van der Waals surface area contributed by atoms with Crippen molar-refractivity contribution in [3.8, 4) is 0 Å². The van der Waals surface area contributed by atoms with Crippen molar-refractivity contribution in [3.63, 3.8) is 0 Å². The van der Waals surface area contributed by atoms with Crippen LogP contribution in [0.15, 0.2) is 0 Å². The van der Waals surface area contributed by atoms with E-state index in [1.54, 1.807) is 6.92 Å². The molecule has 3 atom stereocenters. The molecule has 0 aromatic rings. The van der Waals surface area contributed by atoms with Crippen LogP contribution in [0.3, 0.4) is 0 Å². The number of piperidine rings is 1. The second kappa shape index (κ2) is 6.21. The van der Waals surface area contributed by atoms with Gasteiger partial charge in [0.2, 0.25) is 0 Å². The summed E-state index contributed by atoms with van der Waals surface area (Å²) in [6.07, 6.45) is 1.54. The molecule has 0 amide bonds.